The van der Waals surface area contributed by atoms with Crippen molar-refractivity contribution < 1.29 is 21.6 Å². The number of halogens is 3. The Morgan fingerprint density at radius 1 is 0.950 bits per heavy atom. The zero-order valence-corrected chi connectivity index (χ0v) is 12.7. The minimum absolute atomic E-state index is 0.0279. The molecule has 0 fully saturated rings. The zero-order chi connectivity index (χ0) is 15.5. The summed E-state index contributed by atoms with van der Waals surface area (Å²) in [4.78, 5) is 0. The highest BCUT2D eigenvalue weighted by molar-refractivity contribution is 7.89. The molecule has 0 amide bonds. The molecule has 0 rings (SSSR count). The topological polar surface area (TPSA) is 58.2 Å². The molecule has 0 aliphatic rings. The van der Waals surface area contributed by atoms with E-state index in [0.29, 0.717) is 6.42 Å². The van der Waals surface area contributed by atoms with E-state index in [4.69, 9.17) is 0 Å². The van der Waals surface area contributed by atoms with Gasteiger partial charge in [-0.1, -0.05) is 6.92 Å². The maximum atomic E-state index is 11.9. The molecule has 20 heavy (non-hydrogen) atoms. The molecule has 0 aromatic heterocycles. The third-order valence-corrected chi connectivity index (χ3v) is 4.12. The van der Waals surface area contributed by atoms with Crippen LogP contribution >= 0.6 is 0 Å². The predicted octanol–water partition coefficient (Wildman–Crippen LogP) is 2.42. The summed E-state index contributed by atoms with van der Waals surface area (Å²) in [6.07, 6.45) is -2.51. The zero-order valence-electron chi connectivity index (χ0n) is 11.9. The van der Waals surface area contributed by atoms with Crippen LogP contribution in [0.1, 0.15) is 45.4 Å². The summed E-state index contributed by atoms with van der Waals surface area (Å²) in [5, 5.41) is 3.17. The molecule has 0 aromatic rings. The fourth-order valence-electron chi connectivity index (χ4n) is 1.59. The van der Waals surface area contributed by atoms with E-state index in [1.807, 2.05) is 0 Å². The second kappa shape index (κ2) is 10.4. The Bertz CT molecular complexity index is 332. The average Bonchev–Trinajstić information content (AvgIpc) is 2.31. The van der Waals surface area contributed by atoms with E-state index in [2.05, 4.69) is 17.0 Å². The van der Waals surface area contributed by atoms with Gasteiger partial charge in [0.15, 0.2) is 0 Å². The molecule has 0 saturated carbocycles. The van der Waals surface area contributed by atoms with Crippen LogP contribution in [-0.2, 0) is 10.0 Å². The summed E-state index contributed by atoms with van der Waals surface area (Å²) >= 11 is 0. The van der Waals surface area contributed by atoms with E-state index in [1.54, 1.807) is 0 Å². The van der Waals surface area contributed by atoms with Gasteiger partial charge in [0.05, 0.1) is 5.75 Å². The fourth-order valence-corrected chi connectivity index (χ4v) is 2.78. The number of hydrogen-bond acceptors (Lipinski definition) is 3. The molecule has 0 aliphatic carbocycles. The van der Waals surface area contributed by atoms with Crippen LogP contribution in [0.2, 0.25) is 0 Å². The predicted molar refractivity (Wildman–Crippen MR) is 74.1 cm³/mol. The summed E-state index contributed by atoms with van der Waals surface area (Å²) in [6, 6.07) is 0. The molecule has 8 heteroatoms. The van der Waals surface area contributed by atoms with E-state index in [-0.39, 0.29) is 25.1 Å². The molecule has 0 bridgehead atoms. The van der Waals surface area contributed by atoms with Gasteiger partial charge in [-0.2, -0.15) is 13.2 Å². The lowest BCUT2D eigenvalue weighted by Crippen LogP contribution is -2.28. The Morgan fingerprint density at radius 2 is 1.60 bits per heavy atom. The Balaban J connectivity index is 3.55. The highest BCUT2D eigenvalue weighted by Gasteiger charge is 2.25. The molecule has 0 spiro atoms. The Morgan fingerprint density at radius 3 is 2.20 bits per heavy atom. The SMILES string of the molecule is CCCNCCCCS(=O)(=O)NCCCCC(F)(F)F. The molecule has 0 aliphatic heterocycles. The molecular formula is C12H25F3N2O2S. The van der Waals surface area contributed by atoms with Gasteiger partial charge in [-0.05, 0) is 45.2 Å². The summed E-state index contributed by atoms with van der Waals surface area (Å²) < 4.78 is 61.0. The summed E-state index contributed by atoms with van der Waals surface area (Å²) in [5.74, 6) is 0.0279. The van der Waals surface area contributed by atoms with Crippen molar-refractivity contribution in [3.63, 3.8) is 0 Å². The largest absolute Gasteiger partial charge is 0.389 e. The van der Waals surface area contributed by atoms with Crippen molar-refractivity contribution in [2.75, 3.05) is 25.4 Å². The van der Waals surface area contributed by atoms with Crippen molar-refractivity contribution in [3.05, 3.63) is 0 Å². The lowest BCUT2D eigenvalue weighted by molar-refractivity contribution is -0.135. The van der Waals surface area contributed by atoms with Crippen LogP contribution in [0.25, 0.3) is 0 Å². The number of hydrogen-bond donors (Lipinski definition) is 2. The van der Waals surface area contributed by atoms with Gasteiger partial charge >= 0.3 is 6.18 Å². The van der Waals surface area contributed by atoms with Crippen molar-refractivity contribution >= 4 is 10.0 Å². The lowest BCUT2D eigenvalue weighted by Gasteiger charge is -2.08. The van der Waals surface area contributed by atoms with Crippen LogP contribution < -0.4 is 10.0 Å². The lowest BCUT2D eigenvalue weighted by atomic mass is 10.2. The van der Waals surface area contributed by atoms with E-state index >= 15 is 0 Å². The molecule has 0 aromatic carbocycles. The van der Waals surface area contributed by atoms with Crippen molar-refractivity contribution in [2.45, 2.75) is 51.6 Å². The van der Waals surface area contributed by atoms with Crippen LogP contribution in [0.4, 0.5) is 13.2 Å². The number of sulfonamides is 1. The van der Waals surface area contributed by atoms with Gasteiger partial charge in [0.2, 0.25) is 10.0 Å². The van der Waals surface area contributed by atoms with E-state index in [9.17, 15) is 21.6 Å². The third-order valence-electron chi connectivity index (χ3n) is 2.65. The van der Waals surface area contributed by atoms with Gasteiger partial charge in [0.25, 0.3) is 0 Å². The van der Waals surface area contributed by atoms with Crippen molar-refractivity contribution in [2.24, 2.45) is 0 Å². The second-order valence-corrected chi connectivity index (χ2v) is 6.67. The highest BCUT2D eigenvalue weighted by atomic mass is 32.2. The first-order valence-corrected chi connectivity index (χ1v) is 8.67. The monoisotopic (exact) mass is 318 g/mol. The minimum atomic E-state index is -4.16. The molecule has 0 radical (unpaired) electrons. The third kappa shape index (κ3) is 14.1. The summed E-state index contributed by atoms with van der Waals surface area (Å²) in [5.41, 5.74) is 0. The Hall–Kier alpha value is -0.340. The molecule has 0 atom stereocenters. The molecule has 4 nitrogen and oxygen atoms in total. The van der Waals surface area contributed by atoms with Gasteiger partial charge in [-0.3, -0.25) is 0 Å². The average molecular weight is 318 g/mol. The summed E-state index contributed by atoms with van der Waals surface area (Å²) in [7, 11) is -3.35. The minimum Gasteiger partial charge on any atom is -0.317 e. The summed E-state index contributed by atoms with van der Waals surface area (Å²) in [6.45, 7) is 3.84. The first-order chi connectivity index (χ1) is 9.27. The van der Waals surface area contributed by atoms with Gasteiger partial charge in [-0.25, -0.2) is 13.1 Å². The van der Waals surface area contributed by atoms with Crippen molar-refractivity contribution in [1.82, 2.24) is 10.0 Å². The Labute approximate surface area is 119 Å². The fraction of sp³-hybridized carbons (Fsp3) is 1.00. The van der Waals surface area contributed by atoms with Crippen LogP contribution in [0.5, 0.6) is 0 Å². The van der Waals surface area contributed by atoms with E-state index in [1.165, 1.54) is 0 Å². The quantitative estimate of drug-likeness (QED) is 0.543. The van der Waals surface area contributed by atoms with Crippen molar-refractivity contribution in [1.29, 1.82) is 0 Å². The van der Waals surface area contributed by atoms with Gasteiger partial charge in [-0.15, -0.1) is 0 Å². The maximum absolute atomic E-state index is 11.9. The van der Waals surface area contributed by atoms with Crippen molar-refractivity contribution in [3.8, 4) is 0 Å². The standard InChI is InChI=1S/C12H25F3N2O2S/c1-2-8-16-9-5-6-11-20(18,19)17-10-4-3-7-12(13,14)15/h16-17H,2-11H2,1H3. The van der Waals surface area contributed by atoms with Crippen LogP contribution in [0.15, 0.2) is 0 Å². The van der Waals surface area contributed by atoms with E-state index < -0.39 is 22.6 Å². The number of nitrogens with one attached hydrogen (secondary N) is 2. The number of rotatable bonds is 12. The smallest absolute Gasteiger partial charge is 0.317 e. The van der Waals surface area contributed by atoms with Crippen LogP contribution in [0.3, 0.4) is 0 Å². The second-order valence-electron chi connectivity index (χ2n) is 4.74. The molecular weight excluding hydrogens is 293 g/mol. The molecule has 0 saturated heterocycles. The number of unbranched alkanes of at least 4 members (excludes halogenated alkanes) is 2. The highest BCUT2D eigenvalue weighted by Crippen LogP contribution is 2.21. The molecule has 2 N–H and O–H groups in total. The first-order valence-electron chi connectivity index (χ1n) is 7.01. The Kier molecular flexibility index (Phi) is 10.2. The maximum Gasteiger partial charge on any atom is 0.389 e. The van der Waals surface area contributed by atoms with E-state index in [0.717, 1.165) is 25.9 Å². The normalized spacial score (nSPS) is 12.8. The van der Waals surface area contributed by atoms with Gasteiger partial charge in [0.1, 0.15) is 0 Å². The van der Waals surface area contributed by atoms with Crippen LogP contribution in [-0.4, -0.2) is 40.0 Å². The van der Waals surface area contributed by atoms with Crippen LogP contribution in [0, 0.1) is 0 Å². The van der Waals surface area contributed by atoms with Gasteiger partial charge in [0, 0.05) is 13.0 Å². The first kappa shape index (κ1) is 19.7. The molecule has 0 unspecified atom stereocenters. The van der Waals surface area contributed by atoms with Gasteiger partial charge < -0.3 is 5.32 Å². The molecule has 122 valence electrons. The molecule has 0 heterocycles. The number of alkyl halides is 3.